The lowest BCUT2D eigenvalue weighted by molar-refractivity contribution is 0.114. The van der Waals surface area contributed by atoms with E-state index in [1.807, 2.05) is 6.07 Å². The minimum Gasteiger partial charge on any atom is -0.468 e. The molecule has 4 heteroatoms. The fourth-order valence-electron chi connectivity index (χ4n) is 3.00. The predicted octanol–water partition coefficient (Wildman–Crippen LogP) is 2.35. The Morgan fingerprint density at radius 3 is 2.50 bits per heavy atom. The smallest absolute Gasteiger partial charge is 0.122 e. The molecule has 1 saturated heterocycles. The molecule has 114 valence electrons. The second-order valence-corrected chi connectivity index (χ2v) is 5.62. The van der Waals surface area contributed by atoms with Crippen LogP contribution in [0, 0.1) is 0 Å². The Labute approximate surface area is 123 Å². The second-order valence-electron chi connectivity index (χ2n) is 5.62. The van der Waals surface area contributed by atoms with Crippen molar-refractivity contribution in [3.8, 4) is 0 Å². The molecule has 1 unspecified atom stereocenters. The molecule has 1 N–H and O–H groups in total. The fraction of sp³-hybridized carbons (Fsp3) is 0.750. The maximum absolute atomic E-state index is 5.73. The average molecular weight is 279 g/mol. The molecule has 2 rings (SSSR count). The van der Waals surface area contributed by atoms with Crippen molar-refractivity contribution < 1.29 is 4.42 Å². The van der Waals surface area contributed by atoms with E-state index in [1.165, 1.54) is 12.8 Å². The summed E-state index contributed by atoms with van der Waals surface area (Å²) in [5, 5.41) is 3.42. The monoisotopic (exact) mass is 279 g/mol. The molecule has 1 aromatic heterocycles. The summed E-state index contributed by atoms with van der Waals surface area (Å²) in [5.74, 6) is 1.12. The summed E-state index contributed by atoms with van der Waals surface area (Å²) in [4.78, 5) is 5.14. The van der Waals surface area contributed by atoms with Gasteiger partial charge in [-0.25, -0.2) is 0 Å². The van der Waals surface area contributed by atoms with Gasteiger partial charge < -0.3 is 9.73 Å². The van der Waals surface area contributed by atoms with Crippen LogP contribution in [0.1, 0.15) is 38.5 Å². The number of hydrogen-bond donors (Lipinski definition) is 1. The molecule has 0 aromatic carbocycles. The summed E-state index contributed by atoms with van der Waals surface area (Å²) >= 11 is 0. The Kier molecular flexibility index (Phi) is 6.57. The first-order chi connectivity index (χ1) is 9.85. The van der Waals surface area contributed by atoms with Gasteiger partial charge in [0.2, 0.25) is 0 Å². The molecular formula is C16H29N3O. The molecule has 1 aromatic rings. The van der Waals surface area contributed by atoms with Crippen LogP contribution >= 0.6 is 0 Å². The van der Waals surface area contributed by atoms with E-state index in [-0.39, 0.29) is 0 Å². The van der Waals surface area contributed by atoms with Crippen molar-refractivity contribution in [2.24, 2.45) is 0 Å². The zero-order chi connectivity index (χ0) is 14.2. The molecule has 0 bridgehead atoms. The molecule has 0 radical (unpaired) electrons. The van der Waals surface area contributed by atoms with E-state index in [4.69, 9.17) is 4.42 Å². The van der Waals surface area contributed by atoms with Gasteiger partial charge >= 0.3 is 0 Å². The van der Waals surface area contributed by atoms with Gasteiger partial charge in [0.25, 0.3) is 0 Å². The molecule has 1 fully saturated rings. The molecule has 1 aliphatic heterocycles. The van der Waals surface area contributed by atoms with Crippen molar-refractivity contribution in [3.63, 3.8) is 0 Å². The van der Waals surface area contributed by atoms with E-state index in [9.17, 15) is 0 Å². The lowest BCUT2D eigenvalue weighted by Gasteiger charge is -2.36. The maximum atomic E-state index is 5.73. The number of nitrogens with zero attached hydrogens (tertiary/aromatic N) is 2. The van der Waals surface area contributed by atoms with Crippen molar-refractivity contribution in [2.45, 2.75) is 32.7 Å². The van der Waals surface area contributed by atoms with Crippen molar-refractivity contribution in [1.82, 2.24) is 15.1 Å². The number of nitrogens with one attached hydrogen (secondary N) is 1. The second kappa shape index (κ2) is 8.45. The minimum absolute atomic E-state index is 0.392. The molecular weight excluding hydrogens is 250 g/mol. The van der Waals surface area contributed by atoms with Gasteiger partial charge in [0.15, 0.2) is 0 Å². The topological polar surface area (TPSA) is 31.6 Å². The zero-order valence-corrected chi connectivity index (χ0v) is 13.0. The molecule has 20 heavy (non-hydrogen) atoms. The molecule has 4 nitrogen and oxygen atoms in total. The third kappa shape index (κ3) is 4.33. The van der Waals surface area contributed by atoms with Crippen LogP contribution in [0.3, 0.4) is 0 Å². The molecule has 1 aliphatic rings. The van der Waals surface area contributed by atoms with Crippen molar-refractivity contribution in [3.05, 3.63) is 24.2 Å². The lowest BCUT2D eigenvalue weighted by Crippen LogP contribution is -2.47. The van der Waals surface area contributed by atoms with Gasteiger partial charge in [-0.05, 0) is 38.1 Å². The van der Waals surface area contributed by atoms with Crippen LogP contribution in [-0.2, 0) is 0 Å². The van der Waals surface area contributed by atoms with E-state index in [1.54, 1.807) is 6.26 Å². The maximum Gasteiger partial charge on any atom is 0.122 e. The Morgan fingerprint density at radius 2 is 1.95 bits per heavy atom. The van der Waals surface area contributed by atoms with Crippen LogP contribution in [0.4, 0.5) is 0 Å². The lowest BCUT2D eigenvalue weighted by atomic mass is 10.1. The molecule has 0 saturated carbocycles. The van der Waals surface area contributed by atoms with Crippen LogP contribution in [0.25, 0.3) is 0 Å². The zero-order valence-electron chi connectivity index (χ0n) is 13.0. The van der Waals surface area contributed by atoms with E-state index < -0.39 is 0 Å². The largest absolute Gasteiger partial charge is 0.468 e. The minimum atomic E-state index is 0.392. The van der Waals surface area contributed by atoms with Gasteiger partial charge in [0.1, 0.15) is 5.76 Å². The van der Waals surface area contributed by atoms with Gasteiger partial charge in [-0.15, -0.1) is 0 Å². The van der Waals surface area contributed by atoms with E-state index in [0.29, 0.717) is 6.04 Å². The van der Waals surface area contributed by atoms with Crippen molar-refractivity contribution >= 4 is 0 Å². The molecule has 0 spiro atoms. The van der Waals surface area contributed by atoms with Crippen LogP contribution < -0.4 is 5.32 Å². The summed E-state index contributed by atoms with van der Waals surface area (Å²) in [6.07, 6.45) is 4.19. The van der Waals surface area contributed by atoms with Crippen LogP contribution in [-0.4, -0.2) is 55.6 Å². The normalized spacial score (nSPS) is 18.6. The van der Waals surface area contributed by atoms with Gasteiger partial charge in [-0.1, -0.05) is 13.8 Å². The highest BCUT2D eigenvalue weighted by atomic mass is 16.3. The molecule has 0 aliphatic carbocycles. The van der Waals surface area contributed by atoms with Gasteiger partial charge in [-0.2, -0.15) is 0 Å². The van der Waals surface area contributed by atoms with E-state index in [0.717, 1.165) is 51.6 Å². The Balaban J connectivity index is 2.06. The Hall–Kier alpha value is -0.840. The van der Waals surface area contributed by atoms with Gasteiger partial charge in [-0.3, -0.25) is 9.80 Å². The first-order valence-electron chi connectivity index (χ1n) is 8.05. The highest BCUT2D eigenvalue weighted by Crippen LogP contribution is 2.23. The summed E-state index contributed by atoms with van der Waals surface area (Å²) in [6.45, 7) is 12.4. The number of furan rings is 1. The third-order valence-corrected chi connectivity index (χ3v) is 3.97. The summed E-state index contributed by atoms with van der Waals surface area (Å²) in [5.41, 5.74) is 0. The summed E-state index contributed by atoms with van der Waals surface area (Å²) in [7, 11) is 0. The SMILES string of the molecule is CCCN(CCC)C(CN1CCNCC1)c1ccco1. The quantitative estimate of drug-likeness (QED) is 0.791. The van der Waals surface area contributed by atoms with E-state index in [2.05, 4.69) is 35.0 Å². The van der Waals surface area contributed by atoms with Crippen LogP contribution in [0.15, 0.2) is 22.8 Å². The van der Waals surface area contributed by atoms with Crippen LogP contribution in [0.5, 0.6) is 0 Å². The number of piperazine rings is 1. The molecule has 1 atom stereocenters. The Bertz CT molecular complexity index is 341. The Morgan fingerprint density at radius 1 is 1.25 bits per heavy atom. The van der Waals surface area contributed by atoms with Crippen LogP contribution in [0.2, 0.25) is 0 Å². The standard InChI is InChI=1S/C16H29N3O/c1-3-9-19(10-4-2)15(16-6-5-13-20-16)14-18-11-7-17-8-12-18/h5-6,13,15,17H,3-4,7-12,14H2,1-2H3. The molecule has 2 heterocycles. The van der Waals surface area contributed by atoms with Crippen molar-refractivity contribution in [1.29, 1.82) is 0 Å². The molecule has 0 amide bonds. The highest BCUT2D eigenvalue weighted by Gasteiger charge is 2.25. The summed E-state index contributed by atoms with van der Waals surface area (Å²) in [6, 6.07) is 4.53. The fourth-order valence-corrected chi connectivity index (χ4v) is 3.00. The summed E-state index contributed by atoms with van der Waals surface area (Å²) < 4.78 is 5.73. The predicted molar refractivity (Wildman–Crippen MR) is 82.9 cm³/mol. The highest BCUT2D eigenvalue weighted by molar-refractivity contribution is 5.06. The number of rotatable bonds is 8. The average Bonchev–Trinajstić information content (AvgIpc) is 3.00. The first kappa shape index (κ1) is 15.5. The first-order valence-corrected chi connectivity index (χ1v) is 8.05. The number of hydrogen-bond acceptors (Lipinski definition) is 4. The van der Waals surface area contributed by atoms with Gasteiger partial charge in [0.05, 0.1) is 12.3 Å². The third-order valence-electron chi connectivity index (χ3n) is 3.97. The van der Waals surface area contributed by atoms with E-state index >= 15 is 0 Å². The van der Waals surface area contributed by atoms with Gasteiger partial charge in [0, 0.05) is 32.7 Å². The van der Waals surface area contributed by atoms with Crippen molar-refractivity contribution in [2.75, 3.05) is 45.8 Å².